The number of nitrogens with two attached hydrogens (primary N) is 1. The third-order valence-electron chi connectivity index (χ3n) is 3.50. The van der Waals surface area contributed by atoms with E-state index in [-0.39, 0.29) is 0 Å². The van der Waals surface area contributed by atoms with Crippen LogP contribution in [0.2, 0.25) is 0 Å². The van der Waals surface area contributed by atoms with E-state index < -0.39 is 0 Å². The average Bonchev–Trinajstić information content (AvgIpc) is 2.35. The van der Waals surface area contributed by atoms with Crippen LogP contribution in [0.25, 0.3) is 0 Å². The number of nitrogens with zero attached hydrogens (tertiary/aromatic N) is 1. The molecule has 3 nitrogen and oxygen atoms in total. The van der Waals surface area contributed by atoms with Crippen molar-refractivity contribution in [2.75, 3.05) is 26.3 Å². The van der Waals surface area contributed by atoms with E-state index in [2.05, 4.69) is 43.0 Å². The lowest BCUT2D eigenvalue weighted by Crippen LogP contribution is -2.47. The highest BCUT2D eigenvalue weighted by atomic mass is 16.5. The third kappa shape index (κ3) is 2.86. The van der Waals surface area contributed by atoms with Crippen LogP contribution in [0.5, 0.6) is 0 Å². The summed E-state index contributed by atoms with van der Waals surface area (Å²) < 4.78 is 5.48. The summed E-state index contributed by atoms with van der Waals surface area (Å²) in [5.74, 6) is 0. The van der Waals surface area contributed by atoms with Crippen molar-refractivity contribution in [1.82, 2.24) is 4.90 Å². The van der Waals surface area contributed by atoms with Crippen molar-refractivity contribution in [3.05, 3.63) is 35.4 Å². The summed E-state index contributed by atoms with van der Waals surface area (Å²) in [5.41, 5.74) is 8.56. The summed E-state index contributed by atoms with van der Waals surface area (Å²) in [6, 6.07) is 9.45. The quantitative estimate of drug-likeness (QED) is 0.865. The number of aryl methyl sites for hydroxylation is 1. The zero-order valence-electron chi connectivity index (χ0n) is 10.7. The van der Waals surface area contributed by atoms with Gasteiger partial charge in [0.2, 0.25) is 0 Å². The first-order chi connectivity index (χ1) is 8.22. The van der Waals surface area contributed by atoms with Gasteiger partial charge < -0.3 is 10.5 Å². The number of benzene rings is 1. The minimum absolute atomic E-state index is 0.314. The second-order valence-corrected chi connectivity index (χ2v) is 4.82. The summed E-state index contributed by atoms with van der Waals surface area (Å²) in [4.78, 5) is 2.45. The Morgan fingerprint density at radius 2 is 2.12 bits per heavy atom. The van der Waals surface area contributed by atoms with Crippen molar-refractivity contribution in [1.29, 1.82) is 0 Å². The largest absolute Gasteiger partial charge is 0.379 e. The van der Waals surface area contributed by atoms with Gasteiger partial charge in [0.15, 0.2) is 0 Å². The smallest absolute Gasteiger partial charge is 0.0620 e. The molecule has 1 fully saturated rings. The Bertz CT molecular complexity index is 350. The van der Waals surface area contributed by atoms with Crippen molar-refractivity contribution in [2.24, 2.45) is 5.73 Å². The van der Waals surface area contributed by atoms with Gasteiger partial charge in [-0.05, 0) is 19.4 Å². The van der Waals surface area contributed by atoms with Gasteiger partial charge in [0.25, 0.3) is 0 Å². The van der Waals surface area contributed by atoms with Crippen molar-refractivity contribution in [3.8, 4) is 0 Å². The van der Waals surface area contributed by atoms with Crippen LogP contribution in [0.4, 0.5) is 0 Å². The molecule has 2 rings (SSSR count). The van der Waals surface area contributed by atoms with Gasteiger partial charge in [0.1, 0.15) is 0 Å². The Balaban J connectivity index is 2.17. The highest BCUT2D eigenvalue weighted by Gasteiger charge is 2.26. The highest BCUT2D eigenvalue weighted by molar-refractivity contribution is 5.24. The second kappa shape index (κ2) is 5.63. The molecule has 1 aromatic rings. The lowest BCUT2D eigenvalue weighted by molar-refractivity contribution is -0.0209. The lowest BCUT2D eigenvalue weighted by atomic mass is 10.0. The molecule has 3 heteroatoms. The molecule has 0 radical (unpaired) electrons. The SMILES string of the molecule is Cc1ccc(C(CN)N2CCOCC2C)cc1. The fraction of sp³-hybridized carbons (Fsp3) is 0.571. The summed E-state index contributed by atoms with van der Waals surface area (Å²) in [6.45, 7) is 7.56. The van der Waals surface area contributed by atoms with E-state index in [1.807, 2.05) is 0 Å². The van der Waals surface area contributed by atoms with Gasteiger partial charge in [-0.15, -0.1) is 0 Å². The molecule has 0 bridgehead atoms. The molecule has 2 atom stereocenters. The molecule has 0 saturated carbocycles. The van der Waals surface area contributed by atoms with Crippen LogP contribution in [0.1, 0.15) is 24.1 Å². The normalized spacial score (nSPS) is 23.6. The maximum Gasteiger partial charge on any atom is 0.0620 e. The van der Waals surface area contributed by atoms with E-state index in [9.17, 15) is 0 Å². The van der Waals surface area contributed by atoms with Crippen LogP contribution >= 0.6 is 0 Å². The van der Waals surface area contributed by atoms with Crippen LogP contribution < -0.4 is 5.73 Å². The molecule has 1 heterocycles. The average molecular weight is 234 g/mol. The minimum atomic E-state index is 0.314. The maximum atomic E-state index is 5.95. The van der Waals surface area contributed by atoms with Crippen LogP contribution in [0, 0.1) is 6.92 Å². The Morgan fingerprint density at radius 1 is 1.41 bits per heavy atom. The maximum absolute atomic E-state index is 5.95. The van der Waals surface area contributed by atoms with Gasteiger partial charge in [-0.1, -0.05) is 29.8 Å². The van der Waals surface area contributed by atoms with E-state index in [0.29, 0.717) is 18.6 Å². The molecule has 0 aromatic heterocycles. The monoisotopic (exact) mass is 234 g/mol. The summed E-state index contributed by atoms with van der Waals surface area (Å²) in [5, 5.41) is 0. The second-order valence-electron chi connectivity index (χ2n) is 4.82. The number of morpholine rings is 1. The number of rotatable bonds is 3. The van der Waals surface area contributed by atoms with Crippen LogP contribution in [0.3, 0.4) is 0 Å². The van der Waals surface area contributed by atoms with Gasteiger partial charge in [0.05, 0.1) is 13.2 Å². The van der Waals surface area contributed by atoms with Crippen molar-refractivity contribution in [2.45, 2.75) is 25.9 Å². The molecule has 94 valence electrons. The lowest BCUT2D eigenvalue weighted by Gasteiger charge is -2.39. The van der Waals surface area contributed by atoms with Crippen LogP contribution in [0.15, 0.2) is 24.3 Å². The van der Waals surface area contributed by atoms with Crippen molar-refractivity contribution >= 4 is 0 Å². The Kier molecular flexibility index (Phi) is 4.15. The minimum Gasteiger partial charge on any atom is -0.379 e. The van der Waals surface area contributed by atoms with E-state index >= 15 is 0 Å². The summed E-state index contributed by atoms with van der Waals surface area (Å²) >= 11 is 0. The van der Waals surface area contributed by atoms with E-state index in [1.165, 1.54) is 11.1 Å². The van der Waals surface area contributed by atoms with Crippen molar-refractivity contribution < 1.29 is 4.74 Å². The molecular formula is C14H22N2O. The Labute approximate surface area is 104 Å². The van der Waals surface area contributed by atoms with E-state index in [1.54, 1.807) is 0 Å². The molecule has 0 aliphatic carbocycles. The predicted octanol–water partition coefficient (Wildman–Crippen LogP) is 1.72. The molecule has 2 unspecified atom stereocenters. The molecule has 1 saturated heterocycles. The molecular weight excluding hydrogens is 212 g/mol. The molecule has 17 heavy (non-hydrogen) atoms. The highest BCUT2D eigenvalue weighted by Crippen LogP contribution is 2.24. The van der Waals surface area contributed by atoms with Crippen LogP contribution in [-0.4, -0.2) is 37.2 Å². The van der Waals surface area contributed by atoms with Gasteiger partial charge in [-0.25, -0.2) is 0 Å². The van der Waals surface area contributed by atoms with Gasteiger partial charge in [0, 0.05) is 25.2 Å². The van der Waals surface area contributed by atoms with Crippen LogP contribution in [-0.2, 0) is 4.74 Å². The molecule has 1 aliphatic rings. The van der Waals surface area contributed by atoms with Gasteiger partial charge in [-0.3, -0.25) is 4.90 Å². The first-order valence-electron chi connectivity index (χ1n) is 6.32. The predicted molar refractivity (Wildman–Crippen MR) is 70.0 cm³/mol. The van der Waals surface area contributed by atoms with E-state index in [4.69, 9.17) is 10.5 Å². The third-order valence-corrected chi connectivity index (χ3v) is 3.50. The molecule has 2 N–H and O–H groups in total. The molecule has 0 amide bonds. The number of hydrogen-bond donors (Lipinski definition) is 1. The summed E-state index contributed by atoms with van der Waals surface area (Å²) in [6.07, 6.45) is 0. The zero-order chi connectivity index (χ0) is 12.3. The molecule has 1 aliphatic heterocycles. The zero-order valence-corrected chi connectivity index (χ0v) is 10.7. The summed E-state index contributed by atoms with van der Waals surface area (Å²) in [7, 11) is 0. The van der Waals surface area contributed by atoms with E-state index in [0.717, 1.165) is 19.8 Å². The standard InChI is InChI=1S/C14H22N2O/c1-11-3-5-13(6-4-11)14(9-15)16-7-8-17-10-12(16)2/h3-6,12,14H,7-10,15H2,1-2H3. The fourth-order valence-corrected chi connectivity index (χ4v) is 2.45. The fourth-order valence-electron chi connectivity index (χ4n) is 2.45. The number of hydrogen-bond acceptors (Lipinski definition) is 3. The topological polar surface area (TPSA) is 38.5 Å². The first-order valence-corrected chi connectivity index (χ1v) is 6.32. The van der Waals surface area contributed by atoms with Gasteiger partial charge in [-0.2, -0.15) is 0 Å². The number of ether oxygens (including phenoxy) is 1. The molecule has 0 spiro atoms. The Hall–Kier alpha value is -0.900. The van der Waals surface area contributed by atoms with Crippen molar-refractivity contribution in [3.63, 3.8) is 0 Å². The first kappa shape index (κ1) is 12.6. The Morgan fingerprint density at radius 3 is 2.71 bits per heavy atom. The molecule has 1 aromatic carbocycles. The van der Waals surface area contributed by atoms with Gasteiger partial charge >= 0.3 is 0 Å².